The van der Waals surface area contributed by atoms with Gasteiger partial charge in [-0.2, -0.15) is 5.10 Å². The second-order valence-electron chi connectivity index (χ2n) is 5.71. The predicted octanol–water partition coefficient (Wildman–Crippen LogP) is 1.98. The standard InChI is InChI=1S/C15H17ClN4O4S/c1-9-14(10(2)19-18-9)25(22,23)17-7-13-8-20(15(21)24-13)12-5-3-4-11(16)6-12/h3-6,13,17H,7-8H2,1-2H3,(H,18,19). The number of benzene rings is 1. The Labute approximate surface area is 150 Å². The van der Waals surface area contributed by atoms with E-state index in [0.29, 0.717) is 22.1 Å². The molecule has 2 aromatic rings. The summed E-state index contributed by atoms with van der Waals surface area (Å²) >= 11 is 5.94. The average Bonchev–Trinajstić information content (AvgIpc) is 3.08. The molecule has 2 heterocycles. The number of hydrogen-bond donors (Lipinski definition) is 2. The maximum absolute atomic E-state index is 12.4. The van der Waals surface area contributed by atoms with Crippen molar-refractivity contribution in [1.29, 1.82) is 0 Å². The lowest BCUT2D eigenvalue weighted by Gasteiger charge is -2.13. The summed E-state index contributed by atoms with van der Waals surface area (Å²) in [4.78, 5) is 13.6. The molecule has 1 amide bonds. The third-order valence-corrected chi connectivity index (χ3v) is 5.75. The van der Waals surface area contributed by atoms with Crippen LogP contribution in [0.2, 0.25) is 5.02 Å². The van der Waals surface area contributed by atoms with Gasteiger partial charge in [-0.15, -0.1) is 0 Å². The van der Waals surface area contributed by atoms with Gasteiger partial charge in [0, 0.05) is 17.3 Å². The number of carbonyl (C=O) groups is 1. The molecule has 1 aliphatic heterocycles. The Morgan fingerprint density at radius 2 is 2.20 bits per heavy atom. The first-order valence-corrected chi connectivity index (χ1v) is 9.39. The summed E-state index contributed by atoms with van der Waals surface area (Å²) in [5.74, 6) is 0. The maximum Gasteiger partial charge on any atom is 0.414 e. The Kier molecular flexibility index (Phi) is 4.72. The Bertz CT molecular complexity index is 893. The number of halogens is 1. The average molecular weight is 385 g/mol. The fraction of sp³-hybridized carbons (Fsp3) is 0.333. The molecule has 0 saturated carbocycles. The quantitative estimate of drug-likeness (QED) is 0.820. The lowest BCUT2D eigenvalue weighted by Crippen LogP contribution is -2.35. The highest BCUT2D eigenvalue weighted by atomic mass is 35.5. The van der Waals surface area contributed by atoms with Crippen molar-refractivity contribution in [2.24, 2.45) is 0 Å². The van der Waals surface area contributed by atoms with Gasteiger partial charge in [0.1, 0.15) is 11.0 Å². The number of nitrogens with zero attached hydrogens (tertiary/aromatic N) is 2. The number of aromatic amines is 1. The molecule has 2 N–H and O–H groups in total. The van der Waals surface area contributed by atoms with Crippen molar-refractivity contribution in [2.75, 3.05) is 18.0 Å². The number of rotatable bonds is 5. The number of nitrogens with one attached hydrogen (secondary N) is 2. The number of sulfonamides is 1. The lowest BCUT2D eigenvalue weighted by atomic mass is 10.3. The van der Waals surface area contributed by atoms with Crippen LogP contribution in [0.1, 0.15) is 11.4 Å². The van der Waals surface area contributed by atoms with Crippen LogP contribution in [-0.2, 0) is 14.8 Å². The Balaban J connectivity index is 1.68. The van der Waals surface area contributed by atoms with Crippen LogP contribution in [0.15, 0.2) is 29.2 Å². The van der Waals surface area contributed by atoms with Gasteiger partial charge >= 0.3 is 6.09 Å². The van der Waals surface area contributed by atoms with Crippen molar-refractivity contribution in [1.82, 2.24) is 14.9 Å². The monoisotopic (exact) mass is 384 g/mol. The molecule has 1 aromatic carbocycles. The summed E-state index contributed by atoms with van der Waals surface area (Å²) in [6, 6.07) is 6.81. The maximum atomic E-state index is 12.4. The van der Waals surface area contributed by atoms with Crippen molar-refractivity contribution in [2.45, 2.75) is 24.8 Å². The number of anilines is 1. The van der Waals surface area contributed by atoms with Crippen molar-refractivity contribution in [3.05, 3.63) is 40.7 Å². The van der Waals surface area contributed by atoms with Gasteiger partial charge in [0.15, 0.2) is 0 Å². The molecule has 0 radical (unpaired) electrons. The molecule has 0 spiro atoms. The lowest BCUT2D eigenvalue weighted by molar-refractivity contribution is 0.143. The topological polar surface area (TPSA) is 104 Å². The molecular weight excluding hydrogens is 368 g/mol. The van der Waals surface area contributed by atoms with E-state index in [1.807, 2.05) is 0 Å². The first-order chi connectivity index (χ1) is 11.8. The summed E-state index contributed by atoms with van der Waals surface area (Å²) in [6.07, 6.45) is -1.14. The number of amides is 1. The van der Waals surface area contributed by atoms with E-state index in [1.165, 1.54) is 4.90 Å². The van der Waals surface area contributed by atoms with E-state index in [9.17, 15) is 13.2 Å². The summed E-state index contributed by atoms with van der Waals surface area (Å²) in [6.45, 7) is 3.43. The molecule has 10 heteroatoms. The molecule has 1 unspecified atom stereocenters. The number of hydrogen-bond acceptors (Lipinski definition) is 5. The van der Waals surface area contributed by atoms with Gasteiger partial charge in [-0.05, 0) is 32.0 Å². The predicted molar refractivity (Wildman–Crippen MR) is 92.3 cm³/mol. The van der Waals surface area contributed by atoms with E-state index < -0.39 is 22.2 Å². The molecule has 134 valence electrons. The Morgan fingerprint density at radius 3 is 2.84 bits per heavy atom. The van der Waals surface area contributed by atoms with Crippen molar-refractivity contribution >= 4 is 33.4 Å². The third kappa shape index (κ3) is 3.63. The van der Waals surface area contributed by atoms with E-state index >= 15 is 0 Å². The van der Waals surface area contributed by atoms with E-state index in [-0.39, 0.29) is 18.0 Å². The van der Waals surface area contributed by atoms with Crippen LogP contribution in [-0.4, -0.2) is 43.9 Å². The molecule has 25 heavy (non-hydrogen) atoms. The highest BCUT2D eigenvalue weighted by molar-refractivity contribution is 7.89. The number of cyclic esters (lactones) is 1. The van der Waals surface area contributed by atoms with Gasteiger partial charge in [0.25, 0.3) is 0 Å². The number of carbonyl (C=O) groups excluding carboxylic acids is 1. The minimum atomic E-state index is -3.75. The number of aromatic nitrogens is 2. The van der Waals surface area contributed by atoms with Gasteiger partial charge in [-0.3, -0.25) is 10.00 Å². The fourth-order valence-electron chi connectivity index (χ4n) is 2.69. The first-order valence-electron chi connectivity index (χ1n) is 7.53. The number of aryl methyl sites for hydroxylation is 2. The first kappa shape index (κ1) is 17.7. The molecule has 1 atom stereocenters. The van der Waals surface area contributed by atoms with Crippen LogP contribution in [0.4, 0.5) is 10.5 Å². The van der Waals surface area contributed by atoms with Crippen LogP contribution in [0.25, 0.3) is 0 Å². The molecule has 0 bridgehead atoms. The minimum Gasteiger partial charge on any atom is -0.443 e. The minimum absolute atomic E-state index is 0.0325. The van der Waals surface area contributed by atoms with Crippen molar-refractivity contribution in [3.63, 3.8) is 0 Å². The van der Waals surface area contributed by atoms with Crippen LogP contribution in [0.5, 0.6) is 0 Å². The van der Waals surface area contributed by atoms with Gasteiger partial charge < -0.3 is 4.74 Å². The van der Waals surface area contributed by atoms with Crippen molar-refractivity contribution < 1.29 is 17.9 Å². The second-order valence-corrected chi connectivity index (χ2v) is 7.85. The highest BCUT2D eigenvalue weighted by Gasteiger charge is 2.34. The van der Waals surface area contributed by atoms with Crippen LogP contribution in [0.3, 0.4) is 0 Å². The zero-order chi connectivity index (χ0) is 18.2. The van der Waals surface area contributed by atoms with Crippen LogP contribution < -0.4 is 9.62 Å². The molecular formula is C15H17ClN4O4S. The van der Waals surface area contributed by atoms with Gasteiger partial charge in [0.05, 0.1) is 17.9 Å². The SMILES string of the molecule is Cc1n[nH]c(C)c1S(=O)(=O)NCC1CN(c2cccc(Cl)c2)C(=O)O1. The second kappa shape index (κ2) is 6.66. The molecule has 0 aliphatic carbocycles. The fourth-order valence-corrected chi connectivity index (χ4v) is 4.31. The van der Waals surface area contributed by atoms with E-state index in [1.54, 1.807) is 38.1 Å². The van der Waals surface area contributed by atoms with Crippen LogP contribution in [0, 0.1) is 13.8 Å². The zero-order valence-corrected chi connectivity index (χ0v) is 15.2. The van der Waals surface area contributed by atoms with Gasteiger partial charge in [-0.25, -0.2) is 17.9 Å². The largest absolute Gasteiger partial charge is 0.443 e. The van der Waals surface area contributed by atoms with Crippen LogP contribution >= 0.6 is 11.6 Å². The summed E-state index contributed by atoms with van der Waals surface area (Å²) < 4.78 is 32.6. The van der Waals surface area contributed by atoms with Gasteiger partial charge in [0.2, 0.25) is 10.0 Å². The smallest absolute Gasteiger partial charge is 0.414 e. The molecule has 1 saturated heterocycles. The zero-order valence-electron chi connectivity index (χ0n) is 13.6. The van der Waals surface area contributed by atoms with Gasteiger partial charge in [-0.1, -0.05) is 17.7 Å². The highest BCUT2D eigenvalue weighted by Crippen LogP contribution is 2.24. The summed E-state index contributed by atoms with van der Waals surface area (Å²) in [5, 5.41) is 7.02. The van der Waals surface area contributed by atoms with E-state index in [2.05, 4.69) is 14.9 Å². The third-order valence-electron chi connectivity index (χ3n) is 3.82. The van der Waals surface area contributed by atoms with E-state index in [0.717, 1.165) is 0 Å². The molecule has 1 fully saturated rings. The molecule has 8 nitrogen and oxygen atoms in total. The summed E-state index contributed by atoms with van der Waals surface area (Å²) in [5.41, 5.74) is 1.44. The number of ether oxygens (including phenoxy) is 1. The Morgan fingerprint density at radius 1 is 1.44 bits per heavy atom. The van der Waals surface area contributed by atoms with E-state index in [4.69, 9.17) is 16.3 Å². The summed E-state index contributed by atoms with van der Waals surface area (Å²) in [7, 11) is -3.75. The molecule has 1 aromatic heterocycles. The molecule has 1 aliphatic rings. The normalized spacial score (nSPS) is 17.8. The Hall–Kier alpha value is -2.10. The molecule has 3 rings (SSSR count). The van der Waals surface area contributed by atoms with Crippen molar-refractivity contribution in [3.8, 4) is 0 Å². The number of H-pyrrole nitrogens is 1.